The van der Waals surface area contributed by atoms with E-state index in [0.29, 0.717) is 31.6 Å². The van der Waals surface area contributed by atoms with Gasteiger partial charge >= 0.3 is 0 Å². The third kappa shape index (κ3) is 6.98. The van der Waals surface area contributed by atoms with Crippen molar-refractivity contribution in [1.29, 1.82) is 0 Å². The molecule has 0 bridgehead atoms. The van der Waals surface area contributed by atoms with Crippen molar-refractivity contribution >= 4 is 5.91 Å². The SMILES string of the molecule is N[C@H]1CCOC1.O=C1c2cc(C[C@H]3CCOC3)ccc2CCN1C[C@@H](O)CN1CCc2ccccc2C1. The van der Waals surface area contributed by atoms with Crippen LogP contribution in [0, 0.1) is 5.92 Å². The van der Waals surface area contributed by atoms with Gasteiger partial charge < -0.3 is 25.2 Å². The van der Waals surface area contributed by atoms with Crippen LogP contribution in [-0.4, -0.2) is 85.6 Å². The average molecular weight is 508 g/mol. The van der Waals surface area contributed by atoms with Crippen molar-refractivity contribution < 1.29 is 19.4 Å². The molecule has 7 nitrogen and oxygen atoms in total. The van der Waals surface area contributed by atoms with E-state index in [1.807, 2.05) is 4.90 Å². The Hall–Kier alpha value is -2.29. The Morgan fingerprint density at radius 1 is 0.946 bits per heavy atom. The number of hydrogen-bond acceptors (Lipinski definition) is 6. The van der Waals surface area contributed by atoms with Gasteiger partial charge in [0.2, 0.25) is 0 Å². The summed E-state index contributed by atoms with van der Waals surface area (Å²) in [5.41, 5.74) is 11.3. The fourth-order valence-electron chi connectivity index (χ4n) is 5.82. The smallest absolute Gasteiger partial charge is 0.254 e. The van der Waals surface area contributed by atoms with Crippen LogP contribution in [0.3, 0.4) is 0 Å². The number of hydrogen-bond donors (Lipinski definition) is 2. The lowest BCUT2D eigenvalue weighted by Gasteiger charge is -2.34. The molecule has 0 radical (unpaired) electrons. The molecule has 3 atom stereocenters. The maximum absolute atomic E-state index is 13.2. The van der Waals surface area contributed by atoms with E-state index in [0.717, 1.165) is 82.7 Å². The number of nitrogens with two attached hydrogens (primary N) is 1. The predicted octanol–water partition coefficient (Wildman–Crippen LogP) is 2.42. The molecule has 4 aliphatic heterocycles. The largest absolute Gasteiger partial charge is 0.390 e. The van der Waals surface area contributed by atoms with E-state index < -0.39 is 6.10 Å². The summed E-state index contributed by atoms with van der Waals surface area (Å²) < 4.78 is 10.4. The van der Waals surface area contributed by atoms with Crippen LogP contribution in [0.2, 0.25) is 0 Å². The minimum atomic E-state index is -0.533. The third-order valence-corrected chi connectivity index (χ3v) is 7.97. The molecule has 37 heavy (non-hydrogen) atoms. The highest BCUT2D eigenvalue weighted by atomic mass is 16.5. The number of amides is 1. The molecule has 0 aromatic heterocycles. The van der Waals surface area contributed by atoms with E-state index in [4.69, 9.17) is 15.2 Å². The maximum Gasteiger partial charge on any atom is 0.254 e. The third-order valence-electron chi connectivity index (χ3n) is 7.97. The number of nitrogens with zero attached hydrogens (tertiary/aromatic N) is 2. The van der Waals surface area contributed by atoms with Crippen molar-refractivity contribution in [3.8, 4) is 0 Å². The molecule has 0 saturated carbocycles. The van der Waals surface area contributed by atoms with Gasteiger partial charge in [-0.25, -0.2) is 0 Å². The molecule has 4 heterocycles. The van der Waals surface area contributed by atoms with Crippen molar-refractivity contribution in [1.82, 2.24) is 9.80 Å². The zero-order valence-corrected chi connectivity index (χ0v) is 21.8. The van der Waals surface area contributed by atoms with Crippen molar-refractivity contribution in [2.75, 3.05) is 52.6 Å². The van der Waals surface area contributed by atoms with Gasteiger partial charge in [-0.15, -0.1) is 0 Å². The molecule has 7 heteroatoms. The van der Waals surface area contributed by atoms with E-state index in [2.05, 4.69) is 47.4 Å². The predicted molar refractivity (Wildman–Crippen MR) is 144 cm³/mol. The number of aliphatic hydroxyl groups is 1. The van der Waals surface area contributed by atoms with Crippen LogP contribution in [0.1, 0.15) is 45.5 Å². The highest BCUT2D eigenvalue weighted by Gasteiger charge is 2.28. The number of rotatable bonds is 6. The standard InChI is InChI=1S/C26H32N2O3.C4H9NO/c29-24(16-27-10-7-21-3-1-2-4-23(21)15-27)17-28-11-8-22-6-5-19(14-25(22)26(28)30)13-20-9-12-31-18-20;5-4-1-2-6-3-4/h1-6,14,20,24,29H,7-13,15-18H2;4H,1-3,5H2/t20-,24+;4-/m10/s1. The Bertz CT molecular complexity index is 1050. The monoisotopic (exact) mass is 507 g/mol. The van der Waals surface area contributed by atoms with Gasteiger partial charge in [0, 0.05) is 64.1 Å². The van der Waals surface area contributed by atoms with Crippen molar-refractivity contribution in [3.63, 3.8) is 0 Å². The minimum absolute atomic E-state index is 0.0637. The molecule has 2 aromatic rings. The molecule has 2 aromatic carbocycles. The molecule has 0 aliphatic carbocycles. The summed E-state index contributed by atoms with van der Waals surface area (Å²) in [6.45, 7) is 6.82. The Kier molecular flexibility index (Phi) is 8.89. The summed E-state index contributed by atoms with van der Waals surface area (Å²) in [6, 6.07) is 15.2. The van der Waals surface area contributed by atoms with Crippen molar-refractivity contribution in [3.05, 3.63) is 70.3 Å². The molecule has 1 amide bonds. The molecule has 2 saturated heterocycles. The second-order valence-corrected chi connectivity index (χ2v) is 11.0. The summed E-state index contributed by atoms with van der Waals surface area (Å²) >= 11 is 0. The maximum atomic E-state index is 13.2. The summed E-state index contributed by atoms with van der Waals surface area (Å²) in [5, 5.41) is 10.8. The van der Waals surface area contributed by atoms with Crippen LogP contribution in [-0.2, 0) is 35.3 Å². The molecule has 3 N–H and O–H groups in total. The summed E-state index contributed by atoms with van der Waals surface area (Å²) in [7, 11) is 0. The second-order valence-electron chi connectivity index (χ2n) is 11.0. The minimum Gasteiger partial charge on any atom is -0.390 e. The Balaban J connectivity index is 0.000000412. The Labute approximate surface area is 220 Å². The first-order valence-electron chi connectivity index (χ1n) is 13.8. The van der Waals surface area contributed by atoms with Gasteiger partial charge in [-0.3, -0.25) is 9.69 Å². The van der Waals surface area contributed by atoms with Gasteiger partial charge in [-0.05, 0) is 66.3 Å². The van der Waals surface area contributed by atoms with Crippen LogP contribution >= 0.6 is 0 Å². The van der Waals surface area contributed by atoms with Gasteiger partial charge in [0.1, 0.15) is 0 Å². The van der Waals surface area contributed by atoms with Gasteiger partial charge in [0.25, 0.3) is 5.91 Å². The van der Waals surface area contributed by atoms with Gasteiger partial charge in [0.15, 0.2) is 0 Å². The molecular formula is C30H41N3O4. The molecule has 0 unspecified atom stereocenters. The highest BCUT2D eigenvalue weighted by Crippen LogP contribution is 2.25. The summed E-state index contributed by atoms with van der Waals surface area (Å²) in [5.74, 6) is 0.623. The van der Waals surface area contributed by atoms with Gasteiger partial charge in [-0.2, -0.15) is 0 Å². The summed E-state index contributed by atoms with van der Waals surface area (Å²) in [6.07, 6.45) is 4.46. The van der Waals surface area contributed by atoms with Crippen molar-refractivity contribution in [2.45, 2.75) is 50.8 Å². The fourth-order valence-corrected chi connectivity index (χ4v) is 5.82. The van der Waals surface area contributed by atoms with Crippen LogP contribution in [0.25, 0.3) is 0 Å². The van der Waals surface area contributed by atoms with Gasteiger partial charge in [-0.1, -0.05) is 36.4 Å². The lowest BCUT2D eigenvalue weighted by Crippen LogP contribution is -2.46. The van der Waals surface area contributed by atoms with Gasteiger partial charge in [0.05, 0.1) is 12.7 Å². The first-order chi connectivity index (χ1) is 18.0. The number of aliphatic hydroxyl groups excluding tert-OH is 1. The molecule has 6 rings (SSSR count). The lowest BCUT2D eigenvalue weighted by molar-refractivity contribution is 0.0492. The van der Waals surface area contributed by atoms with Crippen LogP contribution in [0.4, 0.5) is 0 Å². The zero-order valence-electron chi connectivity index (χ0n) is 21.8. The first-order valence-corrected chi connectivity index (χ1v) is 13.8. The molecule has 200 valence electrons. The fraction of sp³-hybridized carbons (Fsp3) is 0.567. The normalized spacial score (nSPS) is 24.3. The van der Waals surface area contributed by atoms with E-state index in [-0.39, 0.29) is 5.91 Å². The molecular weight excluding hydrogens is 466 g/mol. The average Bonchev–Trinajstić information content (AvgIpc) is 3.60. The second kappa shape index (κ2) is 12.5. The Morgan fingerprint density at radius 2 is 1.73 bits per heavy atom. The van der Waals surface area contributed by atoms with Crippen LogP contribution in [0.5, 0.6) is 0 Å². The van der Waals surface area contributed by atoms with Crippen LogP contribution < -0.4 is 5.73 Å². The first kappa shape index (κ1) is 26.3. The number of fused-ring (bicyclic) bond motifs is 2. The topological polar surface area (TPSA) is 88.3 Å². The van der Waals surface area contributed by atoms with E-state index in [9.17, 15) is 9.90 Å². The van der Waals surface area contributed by atoms with E-state index >= 15 is 0 Å². The number of carbonyl (C=O) groups is 1. The Morgan fingerprint density at radius 3 is 2.46 bits per heavy atom. The molecule has 0 spiro atoms. The molecule has 2 fully saturated rings. The number of benzene rings is 2. The van der Waals surface area contributed by atoms with E-state index in [1.54, 1.807) is 0 Å². The number of β-amino-alcohol motifs (C(OH)–C–C–N with tert-alkyl or cyclic N) is 1. The van der Waals surface area contributed by atoms with Crippen LogP contribution in [0.15, 0.2) is 42.5 Å². The van der Waals surface area contributed by atoms with E-state index in [1.165, 1.54) is 16.7 Å². The zero-order chi connectivity index (χ0) is 25.6. The molecule has 4 aliphatic rings. The number of ether oxygens (including phenoxy) is 2. The van der Waals surface area contributed by atoms with Crippen molar-refractivity contribution in [2.24, 2.45) is 11.7 Å². The quantitative estimate of drug-likeness (QED) is 0.625. The number of carbonyl (C=O) groups excluding carboxylic acids is 1. The lowest BCUT2D eigenvalue weighted by atomic mass is 9.92. The summed E-state index contributed by atoms with van der Waals surface area (Å²) in [4.78, 5) is 17.3. The highest BCUT2D eigenvalue weighted by molar-refractivity contribution is 5.97.